The summed E-state index contributed by atoms with van der Waals surface area (Å²) >= 11 is 6.21. The summed E-state index contributed by atoms with van der Waals surface area (Å²) in [5, 5.41) is 3.87. The molecule has 146 valence electrons. The van der Waals surface area contributed by atoms with E-state index >= 15 is 0 Å². The number of piperidine rings is 1. The SMILES string of the molecule is O=S(=O)(Cc1ccccc1Cl)N(CCCN1CCCC1)C1CCCNC1. The standard InChI is InChI=1S/C19H30ClN3O2S/c20-19-9-2-1-7-17(19)16-26(24,25)23(18-8-5-10-21-15-18)14-6-13-22-11-3-4-12-22/h1-2,7,9,18,21H,3-6,8,10-16H2. The Kier molecular flexibility index (Phi) is 7.35. The Morgan fingerprint density at radius 1 is 1.19 bits per heavy atom. The molecular formula is C19H30ClN3O2S. The van der Waals surface area contributed by atoms with Gasteiger partial charge in [-0.3, -0.25) is 0 Å². The minimum Gasteiger partial charge on any atom is -0.315 e. The number of nitrogens with zero attached hydrogens (tertiary/aromatic N) is 2. The molecule has 1 atom stereocenters. The van der Waals surface area contributed by atoms with Gasteiger partial charge in [-0.2, -0.15) is 4.31 Å². The van der Waals surface area contributed by atoms with Gasteiger partial charge in [0.25, 0.3) is 0 Å². The summed E-state index contributed by atoms with van der Waals surface area (Å²) in [6, 6.07) is 7.29. The fourth-order valence-corrected chi connectivity index (χ4v) is 6.11. The highest BCUT2D eigenvalue weighted by Gasteiger charge is 2.31. The molecule has 0 saturated carbocycles. The van der Waals surface area contributed by atoms with Crippen LogP contribution in [0.1, 0.15) is 37.7 Å². The molecule has 1 N–H and O–H groups in total. The molecule has 1 aromatic carbocycles. The van der Waals surface area contributed by atoms with Crippen LogP contribution in [0.2, 0.25) is 5.02 Å². The Bertz CT molecular complexity index is 671. The van der Waals surface area contributed by atoms with E-state index in [1.54, 1.807) is 16.4 Å². The number of likely N-dealkylation sites (tertiary alicyclic amines) is 1. The molecule has 1 aromatic rings. The highest BCUT2D eigenvalue weighted by atomic mass is 35.5. The van der Waals surface area contributed by atoms with Crippen LogP contribution in [0.3, 0.4) is 0 Å². The van der Waals surface area contributed by atoms with Gasteiger partial charge in [-0.05, 0) is 69.9 Å². The summed E-state index contributed by atoms with van der Waals surface area (Å²) in [5.41, 5.74) is 0.683. The second-order valence-corrected chi connectivity index (χ2v) is 9.69. The third-order valence-corrected chi connectivity index (χ3v) is 7.62. The second kappa shape index (κ2) is 9.51. The Hall–Kier alpha value is -0.660. The first kappa shape index (κ1) is 20.1. The summed E-state index contributed by atoms with van der Waals surface area (Å²) in [4.78, 5) is 2.44. The van der Waals surface area contributed by atoms with Gasteiger partial charge in [0.05, 0.1) is 5.75 Å². The number of halogens is 1. The van der Waals surface area contributed by atoms with Gasteiger partial charge in [-0.25, -0.2) is 8.42 Å². The zero-order valence-corrected chi connectivity index (χ0v) is 16.9. The largest absolute Gasteiger partial charge is 0.315 e. The van der Waals surface area contributed by atoms with Crippen molar-refractivity contribution in [1.82, 2.24) is 14.5 Å². The molecule has 0 radical (unpaired) electrons. The van der Waals surface area contributed by atoms with E-state index in [1.807, 2.05) is 12.1 Å². The van der Waals surface area contributed by atoms with E-state index in [0.29, 0.717) is 17.1 Å². The Balaban J connectivity index is 1.68. The third kappa shape index (κ3) is 5.42. The van der Waals surface area contributed by atoms with Crippen molar-refractivity contribution in [3.63, 3.8) is 0 Å². The average Bonchev–Trinajstić information content (AvgIpc) is 3.14. The maximum absolute atomic E-state index is 13.2. The highest BCUT2D eigenvalue weighted by Crippen LogP contribution is 2.23. The molecule has 2 aliphatic rings. The van der Waals surface area contributed by atoms with E-state index in [-0.39, 0.29) is 11.8 Å². The summed E-state index contributed by atoms with van der Waals surface area (Å²) in [5.74, 6) is -0.0209. The number of sulfonamides is 1. The monoisotopic (exact) mass is 399 g/mol. The van der Waals surface area contributed by atoms with Gasteiger partial charge < -0.3 is 10.2 Å². The van der Waals surface area contributed by atoms with Crippen LogP contribution in [0, 0.1) is 0 Å². The van der Waals surface area contributed by atoms with Crippen molar-refractivity contribution >= 4 is 21.6 Å². The predicted octanol–water partition coefficient (Wildman–Crippen LogP) is 2.71. The first-order chi connectivity index (χ1) is 12.6. The van der Waals surface area contributed by atoms with Crippen molar-refractivity contribution in [2.24, 2.45) is 0 Å². The zero-order valence-electron chi connectivity index (χ0n) is 15.4. The van der Waals surface area contributed by atoms with E-state index in [0.717, 1.165) is 52.0 Å². The van der Waals surface area contributed by atoms with Crippen LogP contribution in [0.25, 0.3) is 0 Å². The molecule has 5 nitrogen and oxygen atoms in total. The topological polar surface area (TPSA) is 52.7 Å². The fraction of sp³-hybridized carbons (Fsp3) is 0.684. The normalized spacial score (nSPS) is 22.2. The molecule has 1 unspecified atom stereocenters. The molecule has 0 aliphatic carbocycles. The van der Waals surface area contributed by atoms with Crippen molar-refractivity contribution < 1.29 is 8.42 Å². The Labute approximate surface area is 162 Å². The van der Waals surface area contributed by atoms with Gasteiger partial charge in [-0.15, -0.1) is 0 Å². The van der Waals surface area contributed by atoms with Crippen LogP contribution in [0.5, 0.6) is 0 Å². The number of rotatable bonds is 8. The van der Waals surface area contributed by atoms with Gasteiger partial charge in [0.1, 0.15) is 0 Å². The van der Waals surface area contributed by atoms with Crippen LogP contribution >= 0.6 is 11.6 Å². The summed E-state index contributed by atoms with van der Waals surface area (Å²) in [6.07, 6.45) is 5.37. The quantitative estimate of drug-likeness (QED) is 0.730. The van der Waals surface area contributed by atoms with E-state index < -0.39 is 10.0 Å². The lowest BCUT2D eigenvalue weighted by Gasteiger charge is -2.34. The molecular weight excluding hydrogens is 370 g/mol. The molecule has 2 saturated heterocycles. The van der Waals surface area contributed by atoms with Crippen molar-refractivity contribution in [3.8, 4) is 0 Å². The minimum atomic E-state index is -3.40. The van der Waals surface area contributed by atoms with Crippen LogP contribution in [0.15, 0.2) is 24.3 Å². The lowest BCUT2D eigenvalue weighted by atomic mass is 10.1. The summed E-state index contributed by atoms with van der Waals surface area (Å²) < 4.78 is 28.2. The Morgan fingerprint density at radius 2 is 1.96 bits per heavy atom. The molecule has 0 bridgehead atoms. The van der Waals surface area contributed by atoms with Crippen LogP contribution in [-0.2, 0) is 15.8 Å². The lowest BCUT2D eigenvalue weighted by Crippen LogP contribution is -2.49. The smallest absolute Gasteiger partial charge is 0.218 e. The molecule has 26 heavy (non-hydrogen) atoms. The molecule has 0 spiro atoms. The van der Waals surface area contributed by atoms with Crippen molar-refractivity contribution in [1.29, 1.82) is 0 Å². The van der Waals surface area contributed by atoms with E-state index in [4.69, 9.17) is 11.6 Å². The van der Waals surface area contributed by atoms with Crippen LogP contribution < -0.4 is 5.32 Å². The van der Waals surface area contributed by atoms with Gasteiger partial charge in [0, 0.05) is 24.2 Å². The summed E-state index contributed by atoms with van der Waals surface area (Å²) in [7, 11) is -3.40. The van der Waals surface area contributed by atoms with Gasteiger partial charge in [-0.1, -0.05) is 29.8 Å². The maximum atomic E-state index is 13.2. The summed E-state index contributed by atoms with van der Waals surface area (Å²) in [6.45, 7) is 5.59. The van der Waals surface area contributed by atoms with E-state index in [1.165, 1.54) is 12.8 Å². The van der Waals surface area contributed by atoms with Gasteiger partial charge in [0.2, 0.25) is 10.0 Å². The van der Waals surface area contributed by atoms with Crippen molar-refractivity contribution in [2.45, 2.75) is 43.9 Å². The maximum Gasteiger partial charge on any atom is 0.218 e. The molecule has 2 aliphatic heterocycles. The third-order valence-electron chi connectivity index (χ3n) is 5.38. The molecule has 7 heteroatoms. The van der Waals surface area contributed by atoms with Crippen LogP contribution in [0.4, 0.5) is 0 Å². The average molecular weight is 400 g/mol. The molecule has 2 heterocycles. The lowest BCUT2D eigenvalue weighted by molar-refractivity contribution is 0.246. The fourth-order valence-electron chi connectivity index (χ4n) is 3.98. The predicted molar refractivity (Wildman–Crippen MR) is 107 cm³/mol. The van der Waals surface area contributed by atoms with Gasteiger partial charge >= 0.3 is 0 Å². The van der Waals surface area contributed by atoms with E-state index in [9.17, 15) is 8.42 Å². The number of hydrogen-bond acceptors (Lipinski definition) is 4. The van der Waals surface area contributed by atoms with Gasteiger partial charge in [0.15, 0.2) is 0 Å². The number of hydrogen-bond donors (Lipinski definition) is 1. The number of nitrogens with one attached hydrogen (secondary N) is 1. The highest BCUT2D eigenvalue weighted by molar-refractivity contribution is 7.88. The molecule has 0 aromatic heterocycles. The van der Waals surface area contributed by atoms with Crippen molar-refractivity contribution in [2.75, 3.05) is 39.3 Å². The first-order valence-corrected chi connectivity index (χ1v) is 11.7. The number of benzene rings is 1. The molecule has 3 rings (SSSR count). The Morgan fingerprint density at radius 3 is 2.65 bits per heavy atom. The second-order valence-electron chi connectivity index (χ2n) is 7.36. The minimum absolute atomic E-state index is 0.0209. The van der Waals surface area contributed by atoms with E-state index in [2.05, 4.69) is 10.2 Å². The van der Waals surface area contributed by atoms with Crippen LogP contribution in [-0.4, -0.2) is 62.9 Å². The molecule has 0 amide bonds. The van der Waals surface area contributed by atoms with Crippen molar-refractivity contribution in [3.05, 3.63) is 34.9 Å². The molecule has 2 fully saturated rings. The first-order valence-electron chi connectivity index (χ1n) is 9.72. The zero-order chi connectivity index (χ0) is 18.4.